The Hall–Kier alpha value is -0.610. The van der Waals surface area contributed by atoms with E-state index in [-0.39, 0.29) is 5.92 Å². The van der Waals surface area contributed by atoms with E-state index in [2.05, 4.69) is 10.6 Å². The summed E-state index contributed by atoms with van der Waals surface area (Å²) in [6.45, 7) is 1.51. The van der Waals surface area contributed by atoms with Crippen LogP contribution in [-0.2, 0) is 4.79 Å². The molecular weight excluding hydrogens is 264 g/mol. The van der Waals surface area contributed by atoms with Gasteiger partial charge in [-0.05, 0) is 38.6 Å². The van der Waals surface area contributed by atoms with E-state index in [9.17, 15) is 4.79 Å². The van der Waals surface area contributed by atoms with Gasteiger partial charge in [-0.15, -0.1) is 0 Å². The lowest BCUT2D eigenvalue weighted by atomic mass is 9.91. The van der Waals surface area contributed by atoms with Crippen LogP contribution in [-0.4, -0.2) is 36.2 Å². The molecule has 3 fully saturated rings. The van der Waals surface area contributed by atoms with Crippen LogP contribution in [0.1, 0.15) is 70.6 Å². The van der Waals surface area contributed by atoms with E-state index in [0.717, 1.165) is 25.0 Å². The predicted octanol–water partition coefficient (Wildman–Crippen LogP) is 2.92. The molecule has 3 N–H and O–H groups in total. The van der Waals surface area contributed by atoms with Crippen LogP contribution in [0, 0.1) is 5.92 Å². The van der Waals surface area contributed by atoms with E-state index in [1.165, 1.54) is 64.2 Å². The Balaban J connectivity index is 0.000000173. The summed E-state index contributed by atoms with van der Waals surface area (Å²) in [5.41, 5.74) is 0. The van der Waals surface area contributed by atoms with Crippen molar-refractivity contribution in [2.75, 3.05) is 13.1 Å². The molecule has 4 nitrogen and oxygen atoms in total. The SMILES string of the molecule is C1CCC(NC2CCCCC2)CC1.O=C(O)C1CCNC1. The van der Waals surface area contributed by atoms with Crippen LogP contribution in [0.3, 0.4) is 0 Å². The van der Waals surface area contributed by atoms with Gasteiger partial charge >= 0.3 is 5.97 Å². The van der Waals surface area contributed by atoms with Gasteiger partial charge in [-0.1, -0.05) is 38.5 Å². The first kappa shape index (κ1) is 16.8. The second-order valence-corrected chi connectivity index (χ2v) is 6.86. The van der Waals surface area contributed by atoms with E-state index in [4.69, 9.17) is 5.11 Å². The number of rotatable bonds is 3. The lowest BCUT2D eigenvalue weighted by Gasteiger charge is -2.30. The highest BCUT2D eigenvalue weighted by Gasteiger charge is 2.21. The smallest absolute Gasteiger partial charge is 0.307 e. The molecule has 1 aliphatic heterocycles. The maximum Gasteiger partial charge on any atom is 0.307 e. The number of nitrogens with one attached hydrogen (secondary N) is 2. The Morgan fingerprint density at radius 1 is 0.857 bits per heavy atom. The number of hydrogen-bond acceptors (Lipinski definition) is 3. The Kier molecular flexibility index (Phi) is 7.51. The molecule has 0 spiro atoms. The zero-order chi connectivity index (χ0) is 14.9. The third-order valence-corrected chi connectivity index (χ3v) is 5.09. The highest BCUT2D eigenvalue weighted by molar-refractivity contribution is 5.70. The van der Waals surface area contributed by atoms with E-state index in [1.807, 2.05) is 0 Å². The van der Waals surface area contributed by atoms with Gasteiger partial charge in [0.25, 0.3) is 0 Å². The molecule has 1 unspecified atom stereocenters. The zero-order valence-corrected chi connectivity index (χ0v) is 13.3. The van der Waals surface area contributed by atoms with Crippen LogP contribution in [0.15, 0.2) is 0 Å². The number of hydrogen-bond donors (Lipinski definition) is 3. The van der Waals surface area contributed by atoms with E-state index < -0.39 is 5.97 Å². The molecule has 0 aromatic heterocycles. The van der Waals surface area contributed by atoms with Crippen molar-refractivity contribution in [1.29, 1.82) is 0 Å². The third kappa shape index (κ3) is 6.35. The minimum Gasteiger partial charge on any atom is -0.481 e. The molecule has 0 aromatic rings. The molecular formula is C17H32N2O2. The standard InChI is InChI=1S/C12H23N.C5H9NO2/c1-3-7-11(8-4-1)13-12-9-5-2-6-10-12;7-5(8)4-1-2-6-3-4/h11-13H,1-10H2;4,6H,1-3H2,(H,7,8). The van der Waals surface area contributed by atoms with Crippen LogP contribution in [0.2, 0.25) is 0 Å². The van der Waals surface area contributed by atoms with Gasteiger partial charge in [0, 0.05) is 18.6 Å². The molecule has 2 aliphatic carbocycles. The summed E-state index contributed by atoms with van der Waals surface area (Å²) < 4.78 is 0. The lowest BCUT2D eigenvalue weighted by Crippen LogP contribution is -2.40. The highest BCUT2D eigenvalue weighted by atomic mass is 16.4. The minimum absolute atomic E-state index is 0.130. The van der Waals surface area contributed by atoms with Gasteiger partial charge < -0.3 is 15.7 Å². The number of carbonyl (C=O) groups is 1. The van der Waals surface area contributed by atoms with Gasteiger partial charge in [-0.3, -0.25) is 4.79 Å². The Bertz CT molecular complexity index is 275. The average molecular weight is 296 g/mol. The maximum atomic E-state index is 10.2. The molecule has 3 rings (SSSR count). The van der Waals surface area contributed by atoms with Crippen molar-refractivity contribution in [3.8, 4) is 0 Å². The fourth-order valence-corrected chi connectivity index (χ4v) is 3.74. The average Bonchev–Trinajstić information content (AvgIpc) is 3.05. The van der Waals surface area contributed by atoms with E-state index in [0.29, 0.717) is 6.54 Å². The molecule has 3 aliphatic rings. The van der Waals surface area contributed by atoms with Gasteiger partial charge in [0.05, 0.1) is 5.92 Å². The van der Waals surface area contributed by atoms with Crippen LogP contribution in [0.25, 0.3) is 0 Å². The summed E-state index contributed by atoms with van der Waals surface area (Å²) in [5, 5.41) is 15.2. The van der Waals surface area contributed by atoms with Crippen LogP contribution in [0.5, 0.6) is 0 Å². The van der Waals surface area contributed by atoms with Crippen molar-refractivity contribution in [3.05, 3.63) is 0 Å². The molecule has 1 atom stereocenters. The highest BCUT2D eigenvalue weighted by Crippen LogP contribution is 2.22. The summed E-state index contributed by atoms with van der Waals surface area (Å²) in [7, 11) is 0. The minimum atomic E-state index is -0.671. The number of aliphatic carboxylic acids is 1. The molecule has 0 bridgehead atoms. The van der Waals surface area contributed by atoms with Crippen molar-refractivity contribution in [2.24, 2.45) is 5.92 Å². The van der Waals surface area contributed by atoms with Crippen LogP contribution < -0.4 is 10.6 Å². The van der Waals surface area contributed by atoms with E-state index >= 15 is 0 Å². The fourth-order valence-electron chi connectivity index (χ4n) is 3.74. The summed E-state index contributed by atoms with van der Waals surface area (Å²) in [6, 6.07) is 1.74. The Morgan fingerprint density at radius 3 is 1.71 bits per heavy atom. The molecule has 21 heavy (non-hydrogen) atoms. The monoisotopic (exact) mass is 296 g/mol. The molecule has 0 radical (unpaired) electrons. The third-order valence-electron chi connectivity index (χ3n) is 5.09. The summed E-state index contributed by atoms with van der Waals surface area (Å²) >= 11 is 0. The van der Waals surface area contributed by atoms with Crippen molar-refractivity contribution >= 4 is 5.97 Å². The Morgan fingerprint density at radius 2 is 1.38 bits per heavy atom. The van der Waals surface area contributed by atoms with Crippen molar-refractivity contribution in [2.45, 2.75) is 82.7 Å². The van der Waals surface area contributed by atoms with E-state index in [1.54, 1.807) is 0 Å². The molecule has 4 heteroatoms. The topological polar surface area (TPSA) is 61.4 Å². The quantitative estimate of drug-likeness (QED) is 0.749. The predicted molar refractivity (Wildman–Crippen MR) is 85.5 cm³/mol. The molecule has 2 saturated carbocycles. The maximum absolute atomic E-state index is 10.2. The number of carboxylic acid groups (broad SMARTS) is 1. The summed E-state index contributed by atoms with van der Waals surface area (Å²) in [6.07, 6.45) is 15.4. The van der Waals surface area contributed by atoms with Crippen LogP contribution in [0.4, 0.5) is 0 Å². The first-order valence-corrected chi connectivity index (χ1v) is 8.95. The first-order valence-electron chi connectivity index (χ1n) is 8.95. The molecule has 122 valence electrons. The molecule has 0 amide bonds. The first-order chi connectivity index (χ1) is 10.3. The normalized spacial score (nSPS) is 27.9. The van der Waals surface area contributed by atoms with Crippen molar-refractivity contribution < 1.29 is 9.90 Å². The van der Waals surface area contributed by atoms with Crippen molar-refractivity contribution in [3.63, 3.8) is 0 Å². The second kappa shape index (κ2) is 9.42. The lowest BCUT2D eigenvalue weighted by molar-refractivity contribution is -0.140. The van der Waals surface area contributed by atoms with Crippen LogP contribution >= 0.6 is 0 Å². The summed E-state index contributed by atoms with van der Waals surface area (Å²) in [5.74, 6) is -0.801. The number of carboxylic acids is 1. The van der Waals surface area contributed by atoms with Crippen molar-refractivity contribution in [1.82, 2.24) is 10.6 Å². The van der Waals surface area contributed by atoms with Gasteiger partial charge in [0.1, 0.15) is 0 Å². The molecule has 1 heterocycles. The zero-order valence-electron chi connectivity index (χ0n) is 13.3. The summed E-state index contributed by atoms with van der Waals surface area (Å²) in [4.78, 5) is 10.2. The van der Waals surface area contributed by atoms with Gasteiger partial charge in [-0.25, -0.2) is 0 Å². The van der Waals surface area contributed by atoms with Gasteiger partial charge in [0.2, 0.25) is 0 Å². The fraction of sp³-hybridized carbons (Fsp3) is 0.941. The largest absolute Gasteiger partial charge is 0.481 e. The second-order valence-electron chi connectivity index (χ2n) is 6.86. The molecule has 0 aromatic carbocycles. The van der Waals surface area contributed by atoms with Gasteiger partial charge in [-0.2, -0.15) is 0 Å². The Labute approximate surface area is 129 Å². The molecule has 1 saturated heterocycles. The van der Waals surface area contributed by atoms with Gasteiger partial charge in [0.15, 0.2) is 0 Å².